The first kappa shape index (κ1) is 22.2. The average molecular weight is 483 g/mol. The number of fused-ring (bicyclic) bond motifs is 1. The zero-order valence-corrected chi connectivity index (χ0v) is 19.3. The fourth-order valence-electron chi connectivity index (χ4n) is 3.66. The first-order chi connectivity index (χ1) is 17.0. The number of amides is 1. The maximum atomic E-state index is 13.3. The fourth-order valence-corrected chi connectivity index (χ4v) is 4.37. The summed E-state index contributed by atoms with van der Waals surface area (Å²) in [5, 5.41) is 16.7. The SMILES string of the molecule is COc1ccc(-c2cc(C(=O)Nc3nc(-c4ccc([N+](=O)[O-])cc4)cs3)c3ccccc3n2)cc1. The number of carbonyl (C=O) groups excluding carboxylic acids is 1. The van der Waals surface area contributed by atoms with Crippen LogP contribution in [0.4, 0.5) is 10.8 Å². The predicted octanol–water partition coefficient (Wildman–Crippen LogP) is 6.19. The average Bonchev–Trinajstić information content (AvgIpc) is 3.36. The maximum Gasteiger partial charge on any atom is 0.269 e. The van der Waals surface area contributed by atoms with Gasteiger partial charge in [-0.05, 0) is 48.5 Å². The second-order valence-electron chi connectivity index (χ2n) is 7.60. The molecule has 172 valence electrons. The molecule has 2 aromatic heterocycles. The van der Waals surface area contributed by atoms with E-state index in [1.165, 1.54) is 23.5 Å². The highest BCUT2D eigenvalue weighted by atomic mass is 32.1. The molecule has 1 amide bonds. The van der Waals surface area contributed by atoms with E-state index in [-0.39, 0.29) is 11.6 Å². The van der Waals surface area contributed by atoms with Crippen LogP contribution in [0.15, 0.2) is 84.2 Å². The van der Waals surface area contributed by atoms with E-state index in [9.17, 15) is 14.9 Å². The number of para-hydroxylation sites is 1. The van der Waals surface area contributed by atoms with Crippen LogP contribution in [-0.4, -0.2) is 27.9 Å². The Morgan fingerprint density at radius 1 is 0.943 bits per heavy atom. The number of nitrogens with one attached hydrogen (secondary N) is 1. The van der Waals surface area contributed by atoms with E-state index < -0.39 is 4.92 Å². The van der Waals surface area contributed by atoms with Crippen molar-refractivity contribution in [3.05, 3.63) is 99.9 Å². The Labute approximate surface area is 204 Å². The third-order valence-corrected chi connectivity index (χ3v) is 6.20. The van der Waals surface area contributed by atoms with Crippen molar-refractivity contribution in [1.29, 1.82) is 0 Å². The number of methoxy groups -OCH3 is 1. The number of nitrogens with zero attached hydrogens (tertiary/aromatic N) is 3. The van der Waals surface area contributed by atoms with Crippen molar-refractivity contribution in [2.45, 2.75) is 0 Å². The number of hydrogen-bond acceptors (Lipinski definition) is 7. The highest BCUT2D eigenvalue weighted by molar-refractivity contribution is 7.14. The number of aromatic nitrogens is 2. The molecule has 0 aliphatic heterocycles. The molecule has 0 aliphatic rings. The van der Waals surface area contributed by atoms with E-state index in [2.05, 4.69) is 10.3 Å². The molecule has 0 spiro atoms. The lowest BCUT2D eigenvalue weighted by Crippen LogP contribution is -2.13. The van der Waals surface area contributed by atoms with Gasteiger partial charge in [-0.25, -0.2) is 9.97 Å². The second kappa shape index (κ2) is 9.32. The van der Waals surface area contributed by atoms with Gasteiger partial charge in [0.1, 0.15) is 5.75 Å². The molecule has 1 N–H and O–H groups in total. The van der Waals surface area contributed by atoms with Gasteiger partial charge < -0.3 is 4.74 Å². The van der Waals surface area contributed by atoms with Crippen LogP contribution in [-0.2, 0) is 0 Å². The number of carbonyl (C=O) groups is 1. The monoisotopic (exact) mass is 482 g/mol. The van der Waals surface area contributed by atoms with Crippen molar-refractivity contribution in [2.75, 3.05) is 12.4 Å². The van der Waals surface area contributed by atoms with Crippen molar-refractivity contribution in [2.24, 2.45) is 0 Å². The Morgan fingerprint density at radius 3 is 2.34 bits per heavy atom. The standard InChI is InChI=1S/C26H18N4O4S/c1-34-19-12-8-16(9-13-19)23-14-21(20-4-2-3-5-22(20)27-23)25(31)29-26-28-24(15-35-26)17-6-10-18(11-7-17)30(32)33/h2-15H,1H3,(H,28,29,31). The number of nitro groups is 1. The normalized spacial score (nSPS) is 10.8. The van der Waals surface area contributed by atoms with Crippen LogP contribution in [0.5, 0.6) is 5.75 Å². The van der Waals surface area contributed by atoms with E-state index >= 15 is 0 Å². The molecule has 5 rings (SSSR count). The van der Waals surface area contributed by atoms with Crippen LogP contribution < -0.4 is 10.1 Å². The minimum atomic E-state index is -0.449. The molecule has 0 radical (unpaired) electrons. The zero-order chi connectivity index (χ0) is 24.4. The fraction of sp³-hybridized carbons (Fsp3) is 0.0385. The molecular formula is C26H18N4O4S. The van der Waals surface area contributed by atoms with Gasteiger partial charge in [0.15, 0.2) is 5.13 Å². The number of nitro benzene ring substituents is 1. The van der Waals surface area contributed by atoms with Gasteiger partial charge >= 0.3 is 0 Å². The summed E-state index contributed by atoms with van der Waals surface area (Å²) in [5.74, 6) is 0.433. The van der Waals surface area contributed by atoms with Gasteiger partial charge in [-0.3, -0.25) is 20.2 Å². The Bertz CT molecular complexity index is 1550. The summed E-state index contributed by atoms with van der Waals surface area (Å²) in [6.45, 7) is 0. The van der Waals surface area contributed by atoms with E-state index in [4.69, 9.17) is 9.72 Å². The first-order valence-corrected chi connectivity index (χ1v) is 11.5. The van der Waals surface area contributed by atoms with Gasteiger partial charge in [-0.15, -0.1) is 11.3 Å². The van der Waals surface area contributed by atoms with E-state index in [1.54, 1.807) is 30.7 Å². The number of thiazole rings is 1. The summed E-state index contributed by atoms with van der Waals surface area (Å²) in [5.41, 5.74) is 4.07. The topological polar surface area (TPSA) is 107 Å². The lowest BCUT2D eigenvalue weighted by atomic mass is 10.0. The molecule has 0 bridgehead atoms. The van der Waals surface area contributed by atoms with E-state index in [0.717, 1.165) is 22.3 Å². The lowest BCUT2D eigenvalue weighted by molar-refractivity contribution is -0.384. The van der Waals surface area contributed by atoms with Crippen molar-refractivity contribution in [3.8, 4) is 28.3 Å². The Hall–Kier alpha value is -4.63. The summed E-state index contributed by atoms with van der Waals surface area (Å²) in [6.07, 6.45) is 0. The summed E-state index contributed by atoms with van der Waals surface area (Å²) >= 11 is 1.28. The lowest BCUT2D eigenvalue weighted by Gasteiger charge is -2.10. The molecule has 0 atom stereocenters. The molecule has 0 aliphatic carbocycles. The number of benzene rings is 3. The van der Waals surface area contributed by atoms with E-state index in [1.807, 2.05) is 48.5 Å². The van der Waals surface area contributed by atoms with Crippen LogP contribution in [0.3, 0.4) is 0 Å². The molecule has 5 aromatic rings. The van der Waals surface area contributed by atoms with Crippen LogP contribution in [0.1, 0.15) is 10.4 Å². The van der Waals surface area contributed by atoms with Gasteiger partial charge in [0.05, 0.1) is 34.5 Å². The van der Waals surface area contributed by atoms with Gasteiger partial charge in [0.25, 0.3) is 11.6 Å². The van der Waals surface area contributed by atoms with Gasteiger partial charge in [-0.1, -0.05) is 18.2 Å². The Morgan fingerprint density at radius 2 is 1.63 bits per heavy atom. The van der Waals surface area contributed by atoms with Crippen molar-refractivity contribution < 1.29 is 14.5 Å². The third kappa shape index (κ3) is 4.57. The summed E-state index contributed by atoms with van der Waals surface area (Å²) in [6, 6.07) is 22.9. The number of pyridine rings is 1. The van der Waals surface area contributed by atoms with Crippen molar-refractivity contribution in [1.82, 2.24) is 9.97 Å². The molecule has 2 heterocycles. The number of hydrogen-bond donors (Lipinski definition) is 1. The molecule has 3 aromatic carbocycles. The number of rotatable bonds is 6. The molecule has 0 unspecified atom stereocenters. The van der Waals surface area contributed by atoms with Crippen LogP contribution in [0.25, 0.3) is 33.4 Å². The molecule has 9 heteroatoms. The summed E-state index contributed by atoms with van der Waals surface area (Å²) < 4.78 is 5.23. The third-order valence-electron chi connectivity index (χ3n) is 5.45. The Kier molecular flexibility index (Phi) is 5.90. The highest BCUT2D eigenvalue weighted by Crippen LogP contribution is 2.29. The molecule has 0 saturated heterocycles. The van der Waals surface area contributed by atoms with E-state index in [0.29, 0.717) is 27.6 Å². The largest absolute Gasteiger partial charge is 0.497 e. The second-order valence-corrected chi connectivity index (χ2v) is 8.45. The van der Waals surface area contributed by atoms with Crippen molar-refractivity contribution >= 4 is 39.0 Å². The first-order valence-electron chi connectivity index (χ1n) is 10.6. The quantitative estimate of drug-likeness (QED) is 0.228. The van der Waals surface area contributed by atoms with Gasteiger partial charge in [0, 0.05) is 34.0 Å². The minimum absolute atomic E-state index is 0.00901. The van der Waals surface area contributed by atoms with Crippen LogP contribution >= 0.6 is 11.3 Å². The Balaban J connectivity index is 1.45. The van der Waals surface area contributed by atoms with Gasteiger partial charge in [0.2, 0.25) is 0 Å². The molecule has 8 nitrogen and oxygen atoms in total. The minimum Gasteiger partial charge on any atom is -0.497 e. The summed E-state index contributed by atoms with van der Waals surface area (Å²) in [4.78, 5) is 33.0. The predicted molar refractivity (Wildman–Crippen MR) is 136 cm³/mol. The summed E-state index contributed by atoms with van der Waals surface area (Å²) in [7, 11) is 1.61. The number of ether oxygens (including phenoxy) is 1. The van der Waals surface area contributed by atoms with Gasteiger partial charge in [-0.2, -0.15) is 0 Å². The highest BCUT2D eigenvalue weighted by Gasteiger charge is 2.16. The molecule has 0 saturated carbocycles. The molecule has 35 heavy (non-hydrogen) atoms. The number of anilines is 1. The molecular weight excluding hydrogens is 464 g/mol. The van der Waals surface area contributed by atoms with Crippen molar-refractivity contribution in [3.63, 3.8) is 0 Å². The smallest absolute Gasteiger partial charge is 0.269 e. The zero-order valence-electron chi connectivity index (χ0n) is 18.5. The maximum absolute atomic E-state index is 13.3. The van der Waals surface area contributed by atoms with Crippen LogP contribution in [0, 0.1) is 10.1 Å². The van der Waals surface area contributed by atoms with Crippen LogP contribution in [0.2, 0.25) is 0 Å². The molecule has 0 fully saturated rings. The number of non-ortho nitro benzene ring substituents is 1.